The molecule has 1 saturated heterocycles. The van der Waals surface area contributed by atoms with Gasteiger partial charge in [0.15, 0.2) is 27.4 Å². The van der Waals surface area contributed by atoms with Crippen LogP contribution in [0.25, 0.3) is 16.5 Å². The molecule has 0 unspecified atom stereocenters. The van der Waals surface area contributed by atoms with Gasteiger partial charge in [0.05, 0.1) is 25.8 Å². The topological polar surface area (TPSA) is 111 Å². The highest BCUT2D eigenvalue weighted by Crippen LogP contribution is 2.46. The number of rotatable bonds is 11. The molecule has 1 aliphatic heterocycles. The highest BCUT2D eigenvalue weighted by Gasteiger charge is 2.48. The molecular weight excluding hydrogens is 690 g/mol. The minimum Gasteiger partial charge on any atom is -0.507 e. The number of benzene rings is 5. The number of ketones is 1. The number of hydrogen-bond acceptors (Lipinski definition) is 10. The van der Waals surface area contributed by atoms with Crippen molar-refractivity contribution >= 4 is 56.5 Å². The maximum Gasteiger partial charge on any atom is 0.301 e. The van der Waals surface area contributed by atoms with Crippen LogP contribution in [-0.2, 0) is 21.9 Å². The molecule has 2 heterocycles. The molecule has 1 N–H and O–H groups in total. The van der Waals surface area contributed by atoms with Gasteiger partial charge in [-0.2, -0.15) is 0 Å². The van der Waals surface area contributed by atoms with Crippen molar-refractivity contribution in [2.45, 2.75) is 22.7 Å². The van der Waals surface area contributed by atoms with Crippen molar-refractivity contribution < 1.29 is 33.3 Å². The van der Waals surface area contributed by atoms with Gasteiger partial charge in [0.1, 0.15) is 12.4 Å². The van der Waals surface area contributed by atoms with Crippen LogP contribution in [0.3, 0.4) is 0 Å². The Bertz CT molecular complexity index is 2290. The fourth-order valence-electron chi connectivity index (χ4n) is 5.94. The maximum atomic E-state index is 14.8. The molecule has 0 spiro atoms. The van der Waals surface area contributed by atoms with Gasteiger partial charge in [0.25, 0.3) is 5.78 Å². The van der Waals surface area contributed by atoms with Gasteiger partial charge in [-0.25, -0.2) is 4.39 Å². The van der Waals surface area contributed by atoms with Crippen molar-refractivity contribution in [3.05, 3.63) is 143 Å². The van der Waals surface area contributed by atoms with Crippen LogP contribution in [0.5, 0.6) is 17.2 Å². The molecule has 1 fully saturated rings. The van der Waals surface area contributed by atoms with E-state index in [-0.39, 0.29) is 28.6 Å². The van der Waals surface area contributed by atoms with Gasteiger partial charge in [-0.15, -0.1) is 10.2 Å². The Kier molecular flexibility index (Phi) is 9.69. The Balaban J connectivity index is 1.26. The number of anilines is 1. The number of thioether (sulfide) groups is 1. The number of hydrogen-bond donors (Lipinski definition) is 1. The highest BCUT2D eigenvalue weighted by molar-refractivity contribution is 8.00. The summed E-state index contributed by atoms with van der Waals surface area (Å²) in [6.07, 6.45) is 0. The number of aromatic nitrogens is 2. The number of ether oxygens (including phenoxy) is 3. The highest BCUT2D eigenvalue weighted by atomic mass is 32.2. The van der Waals surface area contributed by atoms with Crippen LogP contribution in [0.2, 0.25) is 0 Å². The van der Waals surface area contributed by atoms with E-state index in [0.29, 0.717) is 27.2 Å². The number of carbonyl (C=O) groups is 2. The number of aliphatic hydroxyl groups excluding tert-OH is 1. The quantitative estimate of drug-likeness (QED) is 0.0465. The van der Waals surface area contributed by atoms with Crippen LogP contribution in [-0.4, -0.2) is 41.2 Å². The Morgan fingerprint density at radius 1 is 0.863 bits per heavy atom. The number of Topliss-reactive ketones (excluding diaryl/α,β-unsaturated/α-hetero) is 1. The first kappa shape index (κ1) is 33.8. The summed E-state index contributed by atoms with van der Waals surface area (Å²) in [5.41, 5.74) is 2.24. The average Bonchev–Trinajstić information content (AvgIpc) is 3.74. The van der Waals surface area contributed by atoms with Crippen molar-refractivity contribution in [1.82, 2.24) is 10.2 Å². The van der Waals surface area contributed by atoms with Crippen LogP contribution in [0.4, 0.5) is 9.52 Å². The number of amides is 1. The van der Waals surface area contributed by atoms with Gasteiger partial charge < -0.3 is 19.3 Å². The number of aliphatic hydroxyl groups is 1. The molecule has 51 heavy (non-hydrogen) atoms. The smallest absolute Gasteiger partial charge is 0.301 e. The van der Waals surface area contributed by atoms with Crippen molar-refractivity contribution in [2.24, 2.45) is 0 Å². The zero-order valence-electron chi connectivity index (χ0n) is 27.4. The van der Waals surface area contributed by atoms with E-state index in [1.54, 1.807) is 18.2 Å². The van der Waals surface area contributed by atoms with E-state index >= 15 is 0 Å². The first-order chi connectivity index (χ1) is 24.9. The predicted molar refractivity (Wildman–Crippen MR) is 195 cm³/mol. The number of carbonyl (C=O) groups excluding carboxylic acids is 2. The molecule has 0 aliphatic carbocycles. The minimum absolute atomic E-state index is 0.00493. The molecular formula is C39H30FN3O6S2. The Morgan fingerprint density at radius 3 is 2.39 bits per heavy atom. The first-order valence-corrected chi connectivity index (χ1v) is 17.6. The van der Waals surface area contributed by atoms with Gasteiger partial charge in [0.2, 0.25) is 5.13 Å². The third-order valence-electron chi connectivity index (χ3n) is 8.44. The van der Waals surface area contributed by atoms with Gasteiger partial charge in [-0.05, 0) is 57.8 Å². The normalized spacial score (nSPS) is 15.4. The summed E-state index contributed by atoms with van der Waals surface area (Å²) in [6, 6.07) is 31.5. The summed E-state index contributed by atoms with van der Waals surface area (Å²) in [7, 11) is 2.80. The number of halogens is 1. The second-order valence-corrected chi connectivity index (χ2v) is 13.7. The Hall–Kier alpha value is -5.72. The lowest BCUT2D eigenvalue weighted by Gasteiger charge is -2.23. The molecule has 0 saturated carbocycles. The predicted octanol–water partition coefficient (Wildman–Crippen LogP) is 8.35. The van der Waals surface area contributed by atoms with E-state index in [4.69, 9.17) is 14.2 Å². The maximum absolute atomic E-state index is 14.8. The first-order valence-electron chi connectivity index (χ1n) is 15.8. The van der Waals surface area contributed by atoms with Gasteiger partial charge in [0, 0.05) is 11.3 Å². The summed E-state index contributed by atoms with van der Waals surface area (Å²) >= 11 is 2.61. The van der Waals surface area contributed by atoms with Crippen LogP contribution in [0.1, 0.15) is 28.3 Å². The minimum atomic E-state index is -1.16. The monoisotopic (exact) mass is 719 g/mol. The van der Waals surface area contributed by atoms with E-state index in [1.807, 2.05) is 48.5 Å². The second kappa shape index (κ2) is 14.6. The van der Waals surface area contributed by atoms with Gasteiger partial charge in [-0.3, -0.25) is 14.5 Å². The van der Waals surface area contributed by atoms with Crippen LogP contribution < -0.4 is 19.1 Å². The summed E-state index contributed by atoms with van der Waals surface area (Å²) < 4.78 is 32.1. The zero-order chi connectivity index (χ0) is 35.5. The SMILES string of the molecule is COc1ccc(C(O)=C2C(=O)C(=O)N(c3nnc(SCc4cccc5ccccc45)s3)[C@H]2c2ccc(OCc3ccccc3)c(OC)c2)cc1F. The molecule has 1 amide bonds. The Labute approximate surface area is 300 Å². The van der Waals surface area contributed by atoms with Crippen LogP contribution in [0.15, 0.2) is 119 Å². The summed E-state index contributed by atoms with van der Waals surface area (Å²) in [4.78, 5) is 28.8. The fourth-order valence-corrected chi connectivity index (χ4v) is 7.81. The summed E-state index contributed by atoms with van der Waals surface area (Å²) in [6.45, 7) is 0.280. The van der Waals surface area contributed by atoms with Gasteiger partial charge >= 0.3 is 5.91 Å². The van der Waals surface area contributed by atoms with E-state index in [1.165, 1.54) is 43.0 Å². The lowest BCUT2D eigenvalue weighted by molar-refractivity contribution is -0.132. The lowest BCUT2D eigenvalue weighted by atomic mass is 9.95. The van der Waals surface area contributed by atoms with E-state index in [2.05, 4.69) is 34.5 Å². The molecule has 9 nitrogen and oxygen atoms in total. The second-order valence-electron chi connectivity index (χ2n) is 11.5. The van der Waals surface area contributed by atoms with Gasteiger partial charge in [-0.1, -0.05) is 102 Å². The third kappa shape index (κ3) is 6.75. The standard InChI is InChI=1S/C39H30FN3O6S2/c1-47-30-17-16-26(19-29(30)40)35(44)33-34(25-15-18-31(32(20-25)48-2)49-21-23-9-4-3-5-10-23)43(37(46)36(33)45)38-41-42-39(51-38)50-22-27-13-8-12-24-11-6-7-14-28(24)27/h3-20,34,44H,21-22H2,1-2H3/t34-/m0/s1. The molecule has 256 valence electrons. The largest absolute Gasteiger partial charge is 0.507 e. The molecule has 0 radical (unpaired) electrons. The molecule has 12 heteroatoms. The molecule has 6 aromatic rings. The molecule has 7 rings (SSSR count). The lowest BCUT2D eigenvalue weighted by Crippen LogP contribution is -2.29. The van der Waals surface area contributed by atoms with Crippen molar-refractivity contribution in [3.8, 4) is 17.2 Å². The van der Waals surface area contributed by atoms with Crippen molar-refractivity contribution in [3.63, 3.8) is 0 Å². The molecule has 1 aromatic heterocycles. The Morgan fingerprint density at radius 2 is 1.61 bits per heavy atom. The van der Waals surface area contributed by atoms with E-state index in [9.17, 15) is 19.1 Å². The number of methoxy groups -OCH3 is 2. The molecule has 1 aliphatic rings. The molecule has 0 bridgehead atoms. The number of nitrogens with zero attached hydrogens (tertiary/aromatic N) is 3. The summed E-state index contributed by atoms with van der Waals surface area (Å²) in [5.74, 6) is -1.84. The summed E-state index contributed by atoms with van der Waals surface area (Å²) in [5, 5.41) is 22.6. The van der Waals surface area contributed by atoms with Crippen molar-refractivity contribution in [2.75, 3.05) is 19.1 Å². The average molecular weight is 720 g/mol. The van der Waals surface area contributed by atoms with E-state index < -0.39 is 29.3 Å². The third-order valence-corrected chi connectivity index (χ3v) is 10.5. The molecule has 5 aromatic carbocycles. The van der Waals surface area contributed by atoms with Crippen LogP contribution >= 0.6 is 23.1 Å². The fraction of sp³-hybridized carbons (Fsp3) is 0.128. The van der Waals surface area contributed by atoms with E-state index in [0.717, 1.165) is 39.3 Å². The zero-order valence-corrected chi connectivity index (χ0v) is 29.0. The van der Waals surface area contributed by atoms with Crippen LogP contribution in [0, 0.1) is 5.82 Å². The molecule has 1 atom stereocenters. The van der Waals surface area contributed by atoms with Crippen molar-refractivity contribution in [1.29, 1.82) is 0 Å². The number of fused-ring (bicyclic) bond motifs is 1.